The van der Waals surface area contributed by atoms with Crippen LogP contribution in [-0.4, -0.2) is 33.3 Å². The van der Waals surface area contributed by atoms with Crippen molar-refractivity contribution in [3.63, 3.8) is 0 Å². The molecule has 1 fully saturated rings. The Morgan fingerprint density at radius 1 is 1.45 bits per heavy atom. The van der Waals surface area contributed by atoms with Crippen LogP contribution in [0.1, 0.15) is 45.9 Å². The Bertz CT molecular complexity index is 517. The van der Waals surface area contributed by atoms with E-state index < -0.39 is 11.6 Å². The van der Waals surface area contributed by atoms with Crippen LogP contribution in [0, 0.1) is 0 Å². The Balaban J connectivity index is 2.37. The van der Waals surface area contributed by atoms with Crippen molar-refractivity contribution in [2.75, 3.05) is 0 Å². The lowest BCUT2D eigenvalue weighted by molar-refractivity contribution is -0.156. The minimum absolute atomic E-state index is 0.0507. The van der Waals surface area contributed by atoms with E-state index in [0.29, 0.717) is 6.42 Å². The van der Waals surface area contributed by atoms with Crippen LogP contribution in [0.4, 0.5) is 0 Å². The average molecular weight is 275 g/mol. The number of hydrogen-bond acceptors (Lipinski definition) is 3. The van der Waals surface area contributed by atoms with Gasteiger partial charge in [-0.15, -0.1) is 0 Å². The molecule has 20 heavy (non-hydrogen) atoms. The fourth-order valence-corrected chi connectivity index (χ4v) is 2.53. The lowest BCUT2D eigenvalue weighted by Gasteiger charge is -2.45. The van der Waals surface area contributed by atoms with Crippen LogP contribution in [0.3, 0.4) is 0 Å². The van der Waals surface area contributed by atoms with Gasteiger partial charge >= 0.3 is 0 Å². The number of carbonyl (C=O) groups is 2. The van der Waals surface area contributed by atoms with Gasteiger partial charge in [0, 0.05) is 6.20 Å². The summed E-state index contributed by atoms with van der Waals surface area (Å²) in [5.41, 5.74) is -0.0343. The van der Waals surface area contributed by atoms with Gasteiger partial charge in [-0.3, -0.25) is 14.6 Å². The summed E-state index contributed by atoms with van der Waals surface area (Å²) in [6.45, 7) is 7.34. The van der Waals surface area contributed by atoms with Gasteiger partial charge in [0.25, 0.3) is 0 Å². The van der Waals surface area contributed by atoms with Crippen molar-refractivity contribution in [1.29, 1.82) is 0 Å². The van der Waals surface area contributed by atoms with E-state index in [9.17, 15) is 9.59 Å². The van der Waals surface area contributed by atoms with E-state index in [1.54, 1.807) is 24.9 Å². The molecule has 1 aromatic heterocycles. The number of aromatic nitrogens is 1. The van der Waals surface area contributed by atoms with E-state index in [1.165, 1.54) is 0 Å². The molecule has 0 radical (unpaired) electrons. The molecule has 0 spiro atoms. The predicted octanol–water partition coefficient (Wildman–Crippen LogP) is 1.66. The zero-order valence-electron chi connectivity index (χ0n) is 12.4. The van der Waals surface area contributed by atoms with E-state index in [1.807, 2.05) is 32.0 Å². The van der Waals surface area contributed by atoms with Crippen molar-refractivity contribution < 1.29 is 9.59 Å². The molecule has 0 bridgehead atoms. The molecule has 108 valence electrons. The molecule has 2 heterocycles. The largest absolute Gasteiger partial charge is 0.340 e. The highest BCUT2D eigenvalue weighted by Gasteiger charge is 2.47. The van der Waals surface area contributed by atoms with E-state index in [-0.39, 0.29) is 17.9 Å². The number of nitrogens with zero attached hydrogens (tertiary/aromatic N) is 2. The minimum atomic E-state index is -0.827. The quantitative estimate of drug-likeness (QED) is 0.912. The highest BCUT2D eigenvalue weighted by atomic mass is 16.2. The molecule has 1 saturated heterocycles. The Labute approximate surface area is 119 Å². The first kappa shape index (κ1) is 14.5. The predicted molar refractivity (Wildman–Crippen MR) is 75.8 cm³/mol. The lowest BCUT2D eigenvalue weighted by atomic mass is 9.90. The molecule has 3 unspecified atom stereocenters. The maximum absolute atomic E-state index is 12.7. The molecule has 1 aromatic rings. The number of hydrogen-bond donors (Lipinski definition) is 1. The van der Waals surface area contributed by atoms with Crippen LogP contribution in [-0.2, 0) is 9.59 Å². The first-order valence-electron chi connectivity index (χ1n) is 6.96. The standard InChI is InChI=1S/C15H21N3O2/c1-5-15(4)14(20)18(11(3)13(19)17-15)10(2)12-8-6-7-9-16-12/h6-11H,5H2,1-4H3,(H,17,19). The third-order valence-electron chi connectivity index (χ3n) is 4.14. The summed E-state index contributed by atoms with van der Waals surface area (Å²) >= 11 is 0. The van der Waals surface area contributed by atoms with Gasteiger partial charge in [0.05, 0.1) is 11.7 Å². The van der Waals surface area contributed by atoms with Gasteiger partial charge in [-0.05, 0) is 39.3 Å². The minimum Gasteiger partial charge on any atom is -0.340 e. The molecular weight excluding hydrogens is 254 g/mol. The van der Waals surface area contributed by atoms with Gasteiger partial charge in [0.2, 0.25) is 11.8 Å². The molecule has 1 aliphatic rings. The molecule has 2 rings (SSSR count). The second-order valence-electron chi connectivity index (χ2n) is 5.49. The molecule has 2 amide bonds. The number of carbonyl (C=O) groups excluding carboxylic acids is 2. The first-order valence-corrected chi connectivity index (χ1v) is 6.96. The number of rotatable bonds is 3. The maximum Gasteiger partial charge on any atom is 0.249 e. The second-order valence-corrected chi connectivity index (χ2v) is 5.49. The molecule has 0 aromatic carbocycles. The zero-order chi connectivity index (χ0) is 14.9. The number of amides is 2. The fraction of sp³-hybridized carbons (Fsp3) is 0.533. The monoisotopic (exact) mass is 275 g/mol. The van der Waals surface area contributed by atoms with Crippen molar-refractivity contribution >= 4 is 11.8 Å². The van der Waals surface area contributed by atoms with Crippen LogP contribution in [0.5, 0.6) is 0 Å². The summed E-state index contributed by atoms with van der Waals surface area (Å²) < 4.78 is 0. The number of pyridine rings is 1. The third-order valence-corrected chi connectivity index (χ3v) is 4.14. The molecule has 3 atom stereocenters. The van der Waals surface area contributed by atoms with Crippen LogP contribution < -0.4 is 5.32 Å². The van der Waals surface area contributed by atoms with E-state index in [4.69, 9.17) is 0 Å². The van der Waals surface area contributed by atoms with Gasteiger partial charge < -0.3 is 10.2 Å². The Morgan fingerprint density at radius 3 is 2.70 bits per heavy atom. The van der Waals surface area contributed by atoms with Crippen molar-refractivity contribution in [2.45, 2.75) is 51.7 Å². The summed E-state index contributed by atoms with van der Waals surface area (Å²) in [7, 11) is 0. The lowest BCUT2D eigenvalue weighted by Crippen LogP contribution is -2.68. The Morgan fingerprint density at radius 2 is 2.15 bits per heavy atom. The van der Waals surface area contributed by atoms with Crippen LogP contribution in [0.25, 0.3) is 0 Å². The second kappa shape index (κ2) is 5.23. The van der Waals surface area contributed by atoms with Crippen LogP contribution >= 0.6 is 0 Å². The zero-order valence-corrected chi connectivity index (χ0v) is 12.4. The summed E-state index contributed by atoms with van der Waals surface area (Å²) in [6, 6.07) is 4.88. The highest BCUT2D eigenvalue weighted by Crippen LogP contribution is 2.29. The fourth-order valence-electron chi connectivity index (χ4n) is 2.53. The molecule has 5 heteroatoms. The molecule has 0 aliphatic carbocycles. The molecule has 0 saturated carbocycles. The van der Waals surface area contributed by atoms with Gasteiger partial charge in [-0.25, -0.2) is 0 Å². The van der Waals surface area contributed by atoms with E-state index in [0.717, 1.165) is 5.69 Å². The Kier molecular flexibility index (Phi) is 3.79. The average Bonchev–Trinajstić information content (AvgIpc) is 2.46. The van der Waals surface area contributed by atoms with Crippen LogP contribution in [0.15, 0.2) is 24.4 Å². The summed E-state index contributed by atoms with van der Waals surface area (Å²) in [5.74, 6) is -0.165. The first-order chi connectivity index (χ1) is 9.40. The topological polar surface area (TPSA) is 62.3 Å². The third kappa shape index (κ3) is 2.28. The van der Waals surface area contributed by atoms with Crippen molar-refractivity contribution in [3.8, 4) is 0 Å². The SMILES string of the molecule is CCC1(C)NC(=O)C(C)N(C(C)c2ccccn2)C1=O. The van der Waals surface area contributed by atoms with E-state index in [2.05, 4.69) is 10.3 Å². The van der Waals surface area contributed by atoms with Gasteiger partial charge in [-0.1, -0.05) is 13.0 Å². The van der Waals surface area contributed by atoms with Gasteiger partial charge in [0.1, 0.15) is 11.6 Å². The normalized spacial score (nSPS) is 28.2. The van der Waals surface area contributed by atoms with E-state index >= 15 is 0 Å². The summed E-state index contributed by atoms with van der Waals surface area (Å²) in [4.78, 5) is 30.8. The molecule has 1 N–H and O–H groups in total. The van der Waals surface area contributed by atoms with Gasteiger partial charge in [-0.2, -0.15) is 0 Å². The summed E-state index contributed by atoms with van der Waals surface area (Å²) in [5, 5.41) is 2.83. The van der Waals surface area contributed by atoms with Crippen molar-refractivity contribution in [1.82, 2.24) is 15.2 Å². The van der Waals surface area contributed by atoms with Crippen molar-refractivity contribution in [2.24, 2.45) is 0 Å². The van der Waals surface area contributed by atoms with Gasteiger partial charge in [0.15, 0.2) is 0 Å². The number of piperazine rings is 1. The Hall–Kier alpha value is -1.91. The maximum atomic E-state index is 12.7. The molecule has 1 aliphatic heterocycles. The van der Waals surface area contributed by atoms with Crippen molar-refractivity contribution in [3.05, 3.63) is 30.1 Å². The molecular formula is C15H21N3O2. The van der Waals surface area contributed by atoms with Crippen LogP contribution in [0.2, 0.25) is 0 Å². The highest BCUT2D eigenvalue weighted by molar-refractivity contribution is 5.99. The number of nitrogens with one attached hydrogen (secondary N) is 1. The smallest absolute Gasteiger partial charge is 0.249 e. The molecule has 5 nitrogen and oxygen atoms in total. The summed E-state index contributed by atoms with van der Waals surface area (Å²) in [6.07, 6.45) is 2.26.